The number of rotatable bonds is 20. The molecule has 0 aromatic rings. The van der Waals surface area contributed by atoms with Gasteiger partial charge in [0.05, 0.1) is 16.9 Å². The maximum absolute atomic E-state index is 13.2. The standard InChI is InChI=1S/C46H68O13/c47-36(32-14-5-1-6-15-32)24-40(51)56-28-45(29-57-41(52)25-37(48)33-16-7-2-8-17-33)22-13-23-46(44(45)55,30-58-42(53)26-38(49)34-18-9-3-10-19-34)31-59-43(54)27-39(50)35-20-11-4-12-21-35/h32-35,44,55H,1-31H2. The van der Waals surface area contributed by atoms with Gasteiger partial charge in [-0.1, -0.05) is 83.5 Å². The summed E-state index contributed by atoms with van der Waals surface area (Å²) in [6.07, 6.45) is 14.5. The topological polar surface area (TPSA) is 194 Å². The van der Waals surface area contributed by atoms with Gasteiger partial charge < -0.3 is 24.1 Å². The van der Waals surface area contributed by atoms with Crippen molar-refractivity contribution in [1.82, 2.24) is 0 Å². The van der Waals surface area contributed by atoms with Crippen molar-refractivity contribution in [2.24, 2.45) is 34.5 Å². The Morgan fingerprint density at radius 1 is 0.356 bits per heavy atom. The molecular weight excluding hydrogens is 760 g/mol. The maximum Gasteiger partial charge on any atom is 0.313 e. The summed E-state index contributed by atoms with van der Waals surface area (Å²) < 4.78 is 22.9. The van der Waals surface area contributed by atoms with Gasteiger partial charge in [-0.15, -0.1) is 0 Å². The van der Waals surface area contributed by atoms with Crippen molar-refractivity contribution in [3.8, 4) is 0 Å². The number of ketones is 4. The SMILES string of the molecule is O=C(CC(=O)C1CCCCC1)OCC1(COC(=O)CC(=O)C2CCCCC2)CCCC(COC(=O)CC(=O)C2CCCCC2)(COC(=O)CC(=O)C2CCCCC2)C1O. The summed E-state index contributed by atoms with van der Waals surface area (Å²) in [5, 5.41) is 12.5. The molecule has 5 aliphatic carbocycles. The van der Waals surface area contributed by atoms with Crippen molar-refractivity contribution in [3.63, 3.8) is 0 Å². The Hall–Kier alpha value is -3.48. The highest BCUT2D eigenvalue weighted by Crippen LogP contribution is 2.48. The van der Waals surface area contributed by atoms with Gasteiger partial charge >= 0.3 is 23.9 Å². The molecule has 0 amide bonds. The number of aliphatic hydroxyl groups is 1. The highest BCUT2D eigenvalue weighted by molar-refractivity contribution is 5.98. The molecule has 0 aromatic heterocycles. The van der Waals surface area contributed by atoms with Crippen LogP contribution in [0.5, 0.6) is 0 Å². The molecule has 330 valence electrons. The van der Waals surface area contributed by atoms with Crippen molar-refractivity contribution in [2.75, 3.05) is 26.4 Å². The molecule has 59 heavy (non-hydrogen) atoms. The third kappa shape index (κ3) is 13.8. The van der Waals surface area contributed by atoms with E-state index in [0.717, 1.165) is 77.0 Å². The first-order valence-electron chi connectivity index (χ1n) is 22.8. The summed E-state index contributed by atoms with van der Waals surface area (Å²) in [7, 11) is 0. The first kappa shape index (κ1) is 46.6. The van der Waals surface area contributed by atoms with E-state index >= 15 is 0 Å². The second-order valence-corrected chi connectivity index (χ2v) is 18.5. The second-order valence-electron chi connectivity index (χ2n) is 18.5. The number of hydrogen-bond acceptors (Lipinski definition) is 13. The molecule has 0 aromatic carbocycles. The van der Waals surface area contributed by atoms with E-state index in [-0.39, 0.29) is 59.6 Å². The van der Waals surface area contributed by atoms with Crippen molar-refractivity contribution in [1.29, 1.82) is 0 Å². The third-order valence-corrected chi connectivity index (χ3v) is 14.1. The molecular formula is C46H68O13. The van der Waals surface area contributed by atoms with Crippen LogP contribution < -0.4 is 0 Å². The number of hydrogen-bond donors (Lipinski definition) is 1. The van der Waals surface area contributed by atoms with E-state index in [1.165, 1.54) is 0 Å². The number of ether oxygens (including phenoxy) is 4. The van der Waals surface area contributed by atoms with Crippen LogP contribution in [0, 0.1) is 34.5 Å². The number of aliphatic hydroxyl groups excluding tert-OH is 1. The molecule has 5 aliphatic rings. The van der Waals surface area contributed by atoms with Crippen molar-refractivity contribution in [2.45, 2.75) is 179 Å². The quantitative estimate of drug-likeness (QED) is 0.0763. The average molecular weight is 829 g/mol. The molecule has 13 nitrogen and oxygen atoms in total. The van der Waals surface area contributed by atoms with Gasteiger partial charge in [-0.25, -0.2) is 0 Å². The Labute approximate surface area is 349 Å². The van der Waals surface area contributed by atoms with Gasteiger partial charge in [-0.2, -0.15) is 0 Å². The molecule has 0 spiro atoms. The predicted molar refractivity (Wildman–Crippen MR) is 213 cm³/mol. The van der Waals surface area contributed by atoms with Gasteiger partial charge in [-0.05, 0) is 64.2 Å². The molecule has 5 fully saturated rings. The summed E-state index contributed by atoms with van der Waals surface area (Å²) in [6, 6.07) is 0. The number of Topliss-reactive ketones (excluding diaryl/α,β-unsaturated/α-hetero) is 4. The van der Waals surface area contributed by atoms with E-state index in [4.69, 9.17) is 18.9 Å². The molecule has 0 bridgehead atoms. The van der Waals surface area contributed by atoms with E-state index in [2.05, 4.69) is 0 Å². The summed E-state index contributed by atoms with van der Waals surface area (Å²) >= 11 is 0. The molecule has 0 unspecified atom stereocenters. The molecule has 5 saturated carbocycles. The highest BCUT2D eigenvalue weighted by atomic mass is 16.6. The van der Waals surface area contributed by atoms with Crippen molar-refractivity contribution < 1.29 is 62.4 Å². The van der Waals surface area contributed by atoms with E-state index < -0.39 is 92.9 Å². The van der Waals surface area contributed by atoms with Crippen LogP contribution in [-0.2, 0) is 57.3 Å². The average Bonchev–Trinajstić information content (AvgIpc) is 3.26. The number of carbonyl (C=O) groups excluding carboxylic acids is 8. The Balaban J connectivity index is 1.33. The fourth-order valence-corrected chi connectivity index (χ4v) is 10.3. The minimum atomic E-state index is -1.57. The zero-order valence-corrected chi connectivity index (χ0v) is 35.2. The largest absolute Gasteiger partial charge is 0.465 e. The van der Waals surface area contributed by atoms with Crippen molar-refractivity contribution in [3.05, 3.63) is 0 Å². The lowest BCUT2D eigenvalue weighted by Gasteiger charge is -2.50. The molecule has 1 N–H and O–H groups in total. The molecule has 0 radical (unpaired) electrons. The second kappa shape index (κ2) is 22.9. The van der Waals surface area contributed by atoms with Crippen LogP contribution in [0.4, 0.5) is 0 Å². The summed E-state index contributed by atoms with van der Waals surface area (Å²) in [6.45, 7) is -1.89. The van der Waals surface area contributed by atoms with E-state index in [1.807, 2.05) is 0 Å². The van der Waals surface area contributed by atoms with Crippen LogP contribution in [-0.4, -0.2) is 84.6 Å². The molecule has 0 saturated heterocycles. The van der Waals surface area contributed by atoms with E-state index in [1.54, 1.807) is 0 Å². The van der Waals surface area contributed by atoms with Crippen LogP contribution in [0.1, 0.15) is 173 Å². The lowest BCUT2D eigenvalue weighted by atomic mass is 9.60. The lowest BCUT2D eigenvalue weighted by molar-refractivity contribution is -0.202. The molecule has 5 rings (SSSR count). The van der Waals surface area contributed by atoms with Gasteiger partial charge in [0, 0.05) is 23.7 Å². The number of esters is 4. The first-order chi connectivity index (χ1) is 28.4. The lowest BCUT2D eigenvalue weighted by Crippen LogP contribution is -2.59. The number of carbonyl (C=O) groups is 8. The Morgan fingerprint density at radius 2 is 0.576 bits per heavy atom. The van der Waals surface area contributed by atoms with E-state index in [0.29, 0.717) is 57.8 Å². The zero-order valence-electron chi connectivity index (χ0n) is 35.2. The fraction of sp³-hybridized carbons (Fsp3) is 0.826. The van der Waals surface area contributed by atoms with Crippen LogP contribution in [0.25, 0.3) is 0 Å². The Bertz CT molecular complexity index is 1270. The van der Waals surface area contributed by atoms with Gasteiger partial charge in [0.2, 0.25) is 0 Å². The summed E-state index contributed by atoms with van der Waals surface area (Å²) in [5.74, 6) is -4.88. The van der Waals surface area contributed by atoms with Crippen LogP contribution >= 0.6 is 0 Å². The van der Waals surface area contributed by atoms with Gasteiger partial charge in [-0.3, -0.25) is 38.4 Å². The molecule has 13 heteroatoms. The normalized spacial score (nSPS) is 22.1. The fourth-order valence-electron chi connectivity index (χ4n) is 10.3. The van der Waals surface area contributed by atoms with E-state index in [9.17, 15) is 43.5 Å². The van der Waals surface area contributed by atoms with Crippen LogP contribution in [0.15, 0.2) is 0 Å². The smallest absolute Gasteiger partial charge is 0.313 e. The van der Waals surface area contributed by atoms with Crippen LogP contribution in [0.3, 0.4) is 0 Å². The molecule has 0 atom stereocenters. The third-order valence-electron chi connectivity index (χ3n) is 14.1. The predicted octanol–water partition coefficient (Wildman–Crippen LogP) is 6.83. The van der Waals surface area contributed by atoms with Gasteiger partial charge in [0.15, 0.2) is 0 Å². The maximum atomic E-state index is 13.2. The molecule has 0 heterocycles. The minimum Gasteiger partial charge on any atom is -0.465 e. The van der Waals surface area contributed by atoms with Crippen molar-refractivity contribution >= 4 is 47.0 Å². The molecule has 0 aliphatic heterocycles. The van der Waals surface area contributed by atoms with Crippen LogP contribution in [0.2, 0.25) is 0 Å². The monoisotopic (exact) mass is 828 g/mol. The first-order valence-corrected chi connectivity index (χ1v) is 22.8. The Kier molecular flexibility index (Phi) is 18.1. The zero-order chi connectivity index (χ0) is 42.3. The van der Waals surface area contributed by atoms with Gasteiger partial charge in [0.25, 0.3) is 0 Å². The highest BCUT2D eigenvalue weighted by Gasteiger charge is 2.56. The summed E-state index contributed by atoms with van der Waals surface area (Å²) in [4.78, 5) is 105. The summed E-state index contributed by atoms with van der Waals surface area (Å²) in [5.41, 5.74) is -3.03. The minimum absolute atomic E-state index is 0.172. The van der Waals surface area contributed by atoms with Gasteiger partial charge in [0.1, 0.15) is 75.2 Å². The Morgan fingerprint density at radius 3 is 0.797 bits per heavy atom.